The molecule has 3 saturated carbocycles. The summed E-state index contributed by atoms with van der Waals surface area (Å²) in [4.78, 5) is 26.2. The second-order valence-corrected chi connectivity index (χ2v) is 8.09. The summed E-state index contributed by atoms with van der Waals surface area (Å²) in [7, 11) is 0. The molecular formula is C15H21NO3S. The Morgan fingerprint density at radius 2 is 1.80 bits per heavy atom. The molecule has 5 heteroatoms. The Balaban J connectivity index is 1.56. The molecule has 1 saturated heterocycles. The SMILES string of the molecule is O=C(O)C1CSC(C2CC2)N1C(=O)C1CC2CCC1C2. The summed E-state index contributed by atoms with van der Waals surface area (Å²) in [6, 6.07) is -0.586. The number of carbonyl (C=O) groups is 2. The third-order valence-electron chi connectivity index (χ3n) is 5.65. The van der Waals surface area contributed by atoms with E-state index in [1.54, 1.807) is 16.7 Å². The van der Waals surface area contributed by atoms with Crippen LogP contribution in [0.1, 0.15) is 38.5 Å². The van der Waals surface area contributed by atoms with Crippen molar-refractivity contribution in [1.82, 2.24) is 4.90 Å². The van der Waals surface area contributed by atoms with Crippen LogP contribution in [-0.2, 0) is 9.59 Å². The van der Waals surface area contributed by atoms with Crippen LogP contribution in [0.3, 0.4) is 0 Å². The number of hydrogen-bond donors (Lipinski definition) is 1. The molecule has 4 fully saturated rings. The molecule has 1 aliphatic heterocycles. The largest absolute Gasteiger partial charge is 0.480 e. The predicted octanol–water partition coefficient (Wildman–Crippen LogP) is 2.19. The lowest BCUT2D eigenvalue weighted by Crippen LogP contribution is -2.49. The third kappa shape index (κ3) is 1.97. The summed E-state index contributed by atoms with van der Waals surface area (Å²) in [6.45, 7) is 0. The Labute approximate surface area is 123 Å². The van der Waals surface area contributed by atoms with Gasteiger partial charge in [0.1, 0.15) is 6.04 Å². The van der Waals surface area contributed by atoms with Gasteiger partial charge in [0, 0.05) is 11.7 Å². The third-order valence-corrected chi connectivity index (χ3v) is 7.12. The van der Waals surface area contributed by atoms with Gasteiger partial charge in [-0.25, -0.2) is 4.79 Å². The summed E-state index contributed by atoms with van der Waals surface area (Å²) < 4.78 is 0. The quantitative estimate of drug-likeness (QED) is 0.867. The highest BCUT2D eigenvalue weighted by Crippen LogP contribution is 2.51. The maximum Gasteiger partial charge on any atom is 0.327 e. The van der Waals surface area contributed by atoms with Crippen LogP contribution in [0, 0.1) is 23.7 Å². The van der Waals surface area contributed by atoms with Crippen molar-refractivity contribution in [1.29, 1.82) is 0 Å². The smallest absolute Gasteiger partial charge is 0.327 e. The number of aliphatic carboxylic acids is 1. The highest BCUT2D eigenvalue weighted by molar-refractivity contribution is 8.00. The van der Waals surface area contributed by atoms with E-state index in [0.29, 0.717) is 17.6 Å². The van der Waals surface area contributed by atoms with Gasteiger partial charge in [-0.05, 0) is 49.9 Å². The van der Waals surface area contributed by atoms with E-state index in [2.05, 4.69) is 0 Å². The molecule has 5 unspecified atom stereocenters. The van der Waals surface area contributed by atoms with Crippen molar-refractivity contribution in [2.75, 3.05) is 5.75 Å². The van der Waals surface area contributed by atoms with Gasteiger partial charge >= 0.3 is 5.97 Å². The highest BCUT2D eigenvalue weighted by atomic mass is 32.2. The molecule has 4 aliphatic rings. The Morgan fingerprint density at radius 3 is 2.35 bits per heavy atom. The van der Waals surface area contributed by atoms with Crippen molar-refractivity contribution < 1.29 is 14.7 Å². The second kappa shape index (κ2) is 4.65. The van der Waals surface area contributed by atoms with Crippen LogP contribution in [0.2, 0.25) is 0 Å². The number of hydrogen-bond acceptors (Lipinski definition) is 3. The molecule has 2 bridgehead atoms. The van der Waals surface area contributed by atoms with E-state index in [1.165, 1.54) is 19.3 Å². The molecule has 0 aromatic rings. The zero-order valence-corrected chi connectivity index (χ0v) is 12.3. The molecule has 4 nitrogen and oxygen atoms in total. The fourth-order valence-electron chi connectivity index (χ4n) is 4.48. The molecule has 20 heavy (non-hydrogen) atoms. The number of rotatable bonds is 3. The van der Waals surface area contributed by atoms with E-state index in [4.69, 9.17) is 0 Å². The normalized spacial score (nSPS) is 43.2. The lowest BCUT2D eigenvalue weighted by atomic mass is 9.87. The second-order valence-electron chi connectivity index (χ2n) is 6.94. The van der Waals surface area contributed by atoms with Gasteiger partial charge in [-0.3, -0.25) is 4.79 Å². The summed E-state index contributed by atoms with van der Waals surface area (Å²) >= 11 is 1.69. The van der Waals surface area contributed by atoms with E-state index in [-0.39, 0.29) is 17.2 Å². The first-order valence-corrected chi connectivity index (χ1v) is 8.86. The van der Waals surface area contributed by atoms with Gasteiger partial charge in [-0.15, -0.1) is 11.8 Å². The van der Waals surface area contributed by atoms with Crippen molar-refractivity contribution in [2.45, 2.75) is 49.9 Å². The number of carbonyl (C=O) groups excluding carboxylic acids is 1. The first kappa shape index (κ1) is 13.0. The van der Waals surface area contributed by atoms with Crippen LogP contribution < -0.4 is 0 Å². The fraction of sp³-hybridized carbons (Fsp3) is 0.867. The maximum absolute atomic E-state index is 12.9. The number of nitrogens with zero attached hydrogens (tertiary/aromatic N) is 1. The first-order chi connectivity index (χ1) is 9.65. The van der Waals surface area contributed by atoms with Gasteiger partial charge in [0.2, 0.25) is 5.91 Å². The van der Waals surface area contributed by atoms with Crippen LogP contribution in [0.5, 0.6) is 0 Å². The lowest BCUT2D eigenvalue weighted by Gasteiger charge is -2.32. The molecule has 1 heterocycles. The molecule has 0 aromatic carbocycles. The minimum absolute atomic E-state index is 0.121. The zero-order valence-electron chi connectivity index (χ0n) is 11.5. The van der Waals surface area contributed by atoms with E-state index >= 15 is 0 Å². The molecule has 5 atom stereocenters. The summed E-state index contributed by atoms with van der Waals surface area (Å²) in [5.74, 6) is 1.84. The average Bonchev–Trinajstić information content (AvgIpc) is 2.91. The molecule has 0 aromatic heterocycles. The minimum Gasteiger partial charge on any atom is -0.480 e. The Bertz CT molecular complexity index is 450. The first-order valence-electron chi connectivity index (χ1n) is 7.81. The number of carboxylic acids is 1. The standard InChI is InChI=1S/C15H21NO3S/c17-13(11-6-8-1-2-10(11)5-8)16-12(15(18)19)7-20-14(16)9-3-4-9/h8-12,14H,1-7H2,(H,18,19). The van der Waals surface area contributed by atoms with Gasteiger partial charge in [-0.1, -0.05) is 6.42 Å². The molecule has 3 aliphatic carbocycles. The van der Waals surface area contributed by atoms with Crippen molar-refractivity contribution in [2.24, 2.45) is 23.7 Å². The van der Waals surface area contributed by atoms with Gasteiger partial charge in [0.25, 0.3) is 0 Å². The van der Waals surface area contributed by atoms with Crippen LogP contribution in [0.15, 0.2) is 0 Å². The Hall–Kier alpha value is -0.710. The molecule has 1 N–H and O–H groups in total. The zero-order chi connectivity index (χ0) is 13.9. The van der Waals surface area contributed by atoms with Crippen molar-refractivity contribution in [3.05, 3.63) is 0 Å². The van der Waals surface area contributed by atoms with Crippen LogP contribution >= 0.6 is 11.8 Å². The van der Waals surface area contributed by atoms with Gasteiger partial charge in [0.05, 0.1) is 5.37 Å². The molecular weight excluding hydrogens is 274 g/mol. The lowest BCUT2D eigenvalue weighted by molar-refractivity contribution is -0.152. The van der Waals surface area contributed by atoms with Crippen molar-refractivity contribution >= 4 is 23.6 Å². The number of thioether (sulfide) groups is 1. The highest BCUT2D eigenvalue weighted by Gasteiger charge is 2.52. The molecule has 110 valence electrons. The van der Waals surface area contributed by atoms with E-state index < -0.39 is 12.0 Å². The molecule has 1 amide bonds. The number of fused-ring (bicyclic) bond motifs is 2. The summed E-state index contributed by atoms with van der Waals surface area (Å²) in [5, 5.41) is 9.56. The molecule has 4 rings (SSSR count). The number of carboxylic acid groups (broad SMARTS) is 1. The maximum atomic E-state index is 12.9. The van der Waals surface area contributed by atoms with Gasteiger partial charge in [0.15, 0.2) is 0 Å². The fourth-order valence-corrected chi connectivity index (χ4v) is 6.12. The van der Waals surface area contributed by atoms with Crippen LogP contribution in [0.25, 0.3) is 0 Å². The monoisotopic (exact) mass is 295 g/mol. The van der Waals surface area contributed by atoms with Crippen LogP contribution in [0.4, 0.5) is 0 Å². The average molecular weight is 295 g/mol. The van der Waals surface area contributed by atoms with Crippen LogP contribution in [-0.4, -0.2) is 39.1 Å². The van der Waals surface area contributed by atoms with E-state index in [0.717, 1.165) is 25.2 Å². The Morgan fingerprint density at radius 1 is 1.05 bits per heavy atom. The minimum atomic E-state index is -0.822. The molecule has 0 radical (unpaired) electrons. The van der Waals surface area contributed by atoms with Gasteiger partial charge in [-0.2, -0.15) is 0 Å². The topological polar surface area (TPSA) is 57.6 Å². The predicted molar refractivity (Wildman–Crippen MR) is 76.2 cm³/mol. The number of amides is 1. The van der Waals surface area contributed by atoms with Gasteiger partial charge < -0.3 is 10.0 Å². The summed E-state index contributed by atoms with van der Waals surface area (Å²) in [5.41, 5.74) is 0. The van der Waals surface area contributed by atoms with Crippen molar-refractivity contribution in [3.63, 3.8) is 0 Å². The van der Waals surface area contributed by atoms with Crippen molar-refractivity contribution in [3.8, 4) is 0 Å². The molecule has 0 spiro atoms. The Kier molecular flexibility index (Phi) is 3.02. The van der Waals surface area contributed by atoms with E-state index in [1.807, 2.05) is 0 Å². The van der Waals surface area contributed by atoms with E-state index in [9.17, 15) is 14.7 Å². The summed E-state index contributed by atoms with van der Waals surface area (Å²) in [6.07, 6.45) is 6.97.